The van der Waals surface area contributed by atoms with Crippen molar-refractivity contribution in [2.24, 2.45) is 0 Å². The number of likely N-dealkylation sites (tertiary alicyclic amines) is 1. The number of amides is 1. The summed E-state index contributed by atoms with van der Waals surface area (Å²) in [4.78, 5) is 19.2. The minimum Gasteiger partial charge on any atom is -0.342 e. The molecule has 0 N–H and O–H groups in total. The predicted octanol–water partition coefficient (Wildman–Crippen LogP) is 3.18. The molecule has 2 aromatic heterocycles. The van der Waals surface area contributed by atoms with Crippen LogP contribution in [0.15, 0.2) is 36.4 Å². The average molecular weight is 334 g/mol. The molecule has 0 aliphatic carbocycles. The molecule has 1 aromatic carbocycles. The zero-order valence-electron chi connectivity index (χ0n) is 14.7. The van der Waals surface area contributed by atoms with Crippen LogP contribution in [0.5, 0.6) is 0 Å². The number of carbonyl (C=O) groups excluding carboxylic acids is 1. The number of hydrogen-bond acceptors (Lipinski definition) is 3. The Morgan fingerprint density at radius 2 is 1.84 bits per heavy atom. The first-order valence-corrected chi connectivity index (χ1v) is 8.82. The maximum absolute atomic E-state index is 12.6. The number of benzene rings is 1. The molecule has 3 heterocycles. The second-order valence-corrected chi connectivity index (χ2v) is 6.69. The van der Waals surface area contributed by atoms with Gasteiger partial charge in [-0.05, 0) is 26.7 Å². The summed E-state index contributed by atoms with van der Waals surface area (Å²) < 4.78 is 1.86. The lowest BCUT2D eigenvalue weighted by atomic mass is 10.1. The van der Waals surface area contributed by atoms with Crippen molar-refractivity contribution < 1.29 is 4.79 Å². The number of aromatic nitrogens is 3. The van der Waals surface area contributed by atoms with Gasteiger partial charge in [-0.2, -0.15) is 5.10 Å². The van der Waals surface area contributed by atoms with E-state index in [1.807, 2.05) is 59.7 Å². The molecule has 0 spiro atoms. The second-order valence-electron chi connectivity index (χ2n) is 6.69. The van der Waals surface area contributed by atoms with E-state index >= 15 is 0 Å². The fraction of sp³-hybridized carbons (Fsp3) is 0.350. The summed E-state index contributed by atoms with van der Waals surface area (Å²) >= 11 is 0. The van der Waals surface area contributed by atoms with E-state index in [1.54, 1.807) is 0 Å². The van der Waals surface area contributed by atoms with Crippen LogP contribution in [0, 0.1) is 13.8 Å². The maximum atomic E-state index is 12.6. The van der Waals surface area contributed by atoms with E-state index in [2.05, 4.69) is 0 Å². The van der Waals surface area contributed by atoms with Crippen LogP contribution in [0.4, 0.5) is 0 Å². The third-order valence-electron chi connectivity index (χ3n) is 5.02. The Bertz CT molecular complexity index is 924. The summed E-state index contributed by atoms with van der Waals surface area (Å²) in [6.45, 7) is 5.77. The van der Waals surface area contributed by atoms with Gasteiger partial charge in [0.1, 0.15) is 0 Å². The van der Waals surface area contributed by atoms with Gasteiger partial charge in [0.05, 0.1) is 12.1 Å². The molecular weight excluding hydrogens is 312 g/mol. The zero-order chi connectivity index (χ0) is 17.4. The number of hydrogen-bond donors (Lipinski definition) is 0. The van der Waals surface area contributed by atoms with Crippen molar-refractivity contribution in [3.05, 3.63) is 53.3 Å². The van der Waals surface area contributed by atoms with Crippen molar-refractivity contribution in [2.45, 2.75) is 33.1 Å². The third kappa shape index (κ3) is 2.90. The summed E-state index contributed by atoms with van der Waals surface area (Å²) in [5, 5.41) is 4.72. The molecule has 4 rings (SSSR count). The van der Waals surface area contributed by atoms with Crippen LogP contribution in [0.25, 0.3) is 16.9 Å². The molecule has 0 saturated carbocycles. The number of rotatable bonds is 3. The van der Waals surface area contributed by atoms with E-state index in [9.17, 15) is 4.79 Å². The molecular formula is C20H22N4O. The average Bonchev–Trinajstić information content (AvgIpc) is 3.29. The SMILES string of the molecule is Cc1nc2cc(-c3ccccc3)nn2c(C)c1CC(=O)N1CCCC1. The normalized spacial score (nSPS) is 14.4. The van der Waals surface area contributed by atoms with Gasteiger partial charge < -0.3 is 4.90 Å². The van der Waals surface area contributed by atoms with Gasteiger partial charge in [-0.3, -0.25) is 4.79 Å². The number of fused-ring (bicyclic) bond motifs is 1. The van der Waals surface area contributed by atoms with Crippen LogP contribution >= 0.6 is 0 Å². The molecule has 1 fully saturated rings. The highest BCUT2D eigenvalue weighted by molar-refractivity contribution is 5.79. The van der Waals surface area contributed by atoms with Crippen molar-refractivity contribution in [3.63, 3.8) is 0 Å². The van der Waals surface area contributed by atoms with Crippen molar-refractivity contribution >= 4 is 11.6 Å². The van der Waals surface area contributed by atoms with Gasteiger partial charge in [0.15, 0.2) is 5.65 Å². The second kappa shape index (κ2) is 6.31. The van der Waals surface area contributed by atoms with Gasteiger partial charge in [-0.1, -0.05) is 30.3 Å². The smallest absolute Gasteiger partial charge is 0.227 e. The molecule has 25 heavy (non-hydrogen) atoms. The molecule has 5 heteroatoms. The highest BCUT2D eigenvalue weighted by Crippen LogP contribution is 2.22. The molecule has 0 radical (unpaired) electrons. The third-order valence-corrected chi connectivity index (χ3v) is 5.02. The predicted molar refractivity (Wildman–Crippen MR) is 97.4 cm³/mol. The molecule has 1 amide bonds. The Morgan fingerprint density at radius 3 is 2.56 bits per heavy atom. The summed E-state index contributed by atoms with van der Waals surface area (Å²) in [6, 6.07) is 12.1. The van der Waals surface area contributed by atoms with E-state index < -0.39 is 0 Å². The Labute approximate surface area is 147 Å². The monoisotopic (exact) mass is 334 g/mol. The number of nitrogens with zero attached hydrogens (tertiary/aromatic N) is 4. The summed E-state index contributed by atoms with van der Waals surface area (Å²) in [5.74, 6) is 0.195. The first-order chi connectivity index (χ1) is 12.1. The Balaban J connectivity index is 1.72. The molecule has 1 saturated heterocycles. The van der Waals surface area contributed by atoms with Crippen LogP contribution < -0.4 is 0 Å². The molecule has 0 bridgehead atoms. The van der Waals surface area contributed by atoms with E-state index in [-0.39, 0.29) is 5.91 Å². The highest BCUT2D eigenvalue weighted by atomic mass is 16.2. The Kier molecular flexibility index (Phi) is 3.99. The van der Waals surface area contributed by atoms with Gasteiger partial charge in [0.2, 0.25) is 5.91 Å². The topological polar surface area (TPSA) is 50.5 Å². The first kappa shape index (κ1) is 15.8. The summed E-state index contributed by atoms with van der Waals surface area (Å²) in [5.41, 5.74) is 5.70. The maximum Gasteiger partial charge on any atom is 0.227 e. The Hall–Kier alpha value is -2.69. The molecule has 1 aliphatic rings. The van der Waals surface area contributed by atoms with Crippen LogP contribution in [0.3, 0.4) is 0 Å². The largest absolute Gasteiger partial charge is 0.342 e. The van der Waals surface area contributed by atoms with E-state index in [0.29, 0.717) is 6.42 Å². The van der Waals surface area contributed by atoms with E-state index in [1.165, 1.54) is 0 Å². The first-order valence-electron chi connectivity index (χ1n) is 8.82. The van der Waals surface area contributed by atoms with Crippen LogP contribution in [-0.2, 0) is 11.2 Å². The van der Waals surface area contributed by atoms with Gasteiger partial charge in [0.25, 0.3) is 0 Å². The van der Waals surface area contributed by atoms with Gasteiger partial charge in [0, 0.05) is 41.7 Å². The number of carbonyl (C=O) groups is 1. The quantitative estimate of drug-likeness (QED) is 0.739. The summed E-state index contributed by atoms with van der Waals surface area (Å²) in [7, 11) is 0. The van der Waals surface area contributed by atoms with Crippen LogP contribution in [-0.4, -0.2) is 38.5 Å². The minimum atomic E-state index is 0.195. The summed E-state index contributed by atoms with van der Waals surface area (Å²) in [6.07, 6.45) is 2.63. The van der Waals surface area contributed by atoms with Crippen molar-refractivity contribution in [1.82, 2.24) is 19.5 Å². The van der Waals surface area contributed by atoms with E-state index in [0.717, 1.165) is 59.8 Å². The minimum absolute atomic E-state index is 0.195. The van der Waals surface area contributed by atoms with Crippen molar-refractivity contribution in [3.8, 4) is 11.3 Å². The van der Waals surface area contributed by atoms with Crippen molar-refractivity contribution in [2.75, 3.05) is 13.1 Å². The van der Waals surface area contributed by atoms with Crippen molar-refractivity contribution in [1.29, 1.82) is 0 Å². The lowest BCUT2D eigenvalue weighted by molar-refractivity contribution is -0.129. The van der Waals surface area contributed by atoms with E-state index in [4.69, 9.17) is 10.1 Å². The fourth-order valence-corrected chi connectivity index (χ4v) is 3.56. The molecule has 5 nitrogen and oxygen atoms in total. The fourth-order valence-electron chi connectivity index (χ4n) is 3.56. The molecule has 0 unspecified atom stereocenters. The van der Waals surface area contributed by atoms with Gasteiger partial charge in [-0.15, -0.1) is 0 Å². The van der Waals surface area contributed by atoms with Gasteiger partial charge >= 0.3 is 0 Å². The van der Waals surface area contributed by atoms with Crippen LogP contribution in [0.2, 0.25) is 0 Å². The zero-order valence-corrected chi connectivity index (χ0v) is 14.7. The molecule has 3 aromatic rings. The Morgan fingerprint density at radius 1 is 1.12 bits per heavy atom. The lowest BCUT2D eigenvalue weighted by Crippen LogP contribution is -2.29. The standard InChI is InChI=1S/C20H22N4O/c1-14-17(12-20(25)23-10-6-7-11-23)15(2)24-19(21-14)13-18(22-24)16-8-4-3-5-9-16/h3-5,8-9,13H,6-7,10-12H2,1-2H3. The molecule has 128 valence electrons. The lowest BCUT2D eigenvalue weighted by Gasteiger charge is -2.17. The van der Waals surface area contributed by atoms with Gasteiger partial charge in [-0.25, -0.2) is 9.50 Å². The molecule has 0 atom stereocenters. The molecule has 1 aliphatic heterocycles. The highest BCUT2D eigenvalue weighted by Gasteiger charge is 2.21. The van der Waals surface area contributed by atoms with Crippen LogP contribution in [0.1, 0.15) is 29.8 Å². The number of aryl methyl sites for hydroxylation is 2.